The second-order valence-corrected chi connectivity index (χ2v) is 13.1. The first kappa shape index (κ1) is 29.7. The molecule has 0 aromatic heterocycles. The zero-order chi connectivity index (χ0) is 30.1. The van der Waals surface area contributed by atoms with Crippen molar-refractivity contribution < 1.29 is 24.2 Å². The summed E-state index contributed by atoms with van der Waals surface area (Å²) in [5, 5.41) is 11.2. The number of benzene rings is 2. The summed E-state index contributed by atoms with van der Waals surface area (Å²) in [6.45, 7) is 7.08. The molecule has 2 aromatic rings. The lowest BCUT2D eigenvalue weighted by atomic mass is 9.51. The summed E-state index contributed by atoms with van der Waals surface area (Å²) >= 11 is 0. The molecule has 1 saturated carbocycles. The average Bonchev–Trinajstić information content (AvgIpc) is 3.34. The molecule has 2 fully saturated rings. The van der Waals surface area contributed by atoms with Crippen molar-refractivity contribution in [1.29, 1.82) is 0 Å². The van der Waals surface area contributed by atoms with Crippen molar-refractivity contribution in [1.82, 2.24) is 9.80 Å². The van der Waals surface area contributed by atoms with Crippen LogP contribution in [0.1, 0.15) is 81.4 Å². The minimum atomic E-state index is -0.443. The summed E-state index contributed by atoms with van der Waals surface area (Å²) in [6, 6.07) is 12.4. The number of esters is 1. The minimum absolute atomic E-state index is 0.0769. The molecule has 0 unspecified atom stereocenters. The molecule has 2 aromatic carbocycles. The standard InChI is InChI=1S/C36H46N2O5/c1-4-20-38-21-19-36-27-17-18-28(37(3)32(41)16-12-7-5-6-9-13-25-14-10-8-11-15-25)35(36)43-34-31(42-24(2)39)23-30(40)26(33(34)36)22-29(27)38/h4,8,10-11,14-15,23,27-29,35,40H,1,5-7,9,12-13,16-22H2,2-3H3/t27-,28-,29+,35-,36-/m0/s1. The fraction of sp³-hybridized carbons (Fsp3) is 0.556. The van der Waals surface area contributed by atoms with Gasteiger partial charge in [0.1, 0.15) is 11.9 Å². The molecule has 0 radical (unpaired) electrons. The number of ether oxygens (including phenoxy) is 2. The molecule has 7 heteroatoms. The van der Waals surface area contributed by atoms with E-state index in [9.17, 15) is 14.7 Å². The van der Waals surface area contributed by atoms with Gasteiger partial charge in [-0.25, -0.2) is 0 Å². The monoisotopic (exact) mass is 586 g/mol. The van der Waals surface area contributed by atoms with Crippen molar-refractivity contribution in [2.45, 2.75) is 101 Å². The third-order valence-corrected chi connectivity index (χ3v) is 10.7. The molecule has 2 bridgehead atoms. The first-order chi connectivity index (χ1) is 20.8. The Balaban J connectivity index is 1.16. The van der Waals surface area contributed by atoms with Gasteiger partial charge in [0.05, 0.1) is 6.04 Å². The van der Waals surface area contributed by atoms with Gasteiger partial charge in [0.2, 0.25) is 5.91 Å². The van der Waals surface area contributed by atoms with E-state index in [1.807, 2.05) is 18.0 Å². The SMILES string of the molecule is C=CCN1CC[C@]23c4c5c(O)cc(OC(C)=O)c4O[C@H]2[C@@H](N(C)C(=O)CCCCCCCc2ccccc2)CC[C@H]3[C@H]1C5. The Labute approximate surface area is 255 Å². The average molecular weight is 587 g/mol. The quantitative estimate of drug-likeness (QED) is 0.143. The van der Waals surface area contributed by atoms with Crippen LogP contribution in [0, 0.1) is 5.92 Å². The number of hydrogen-bond donors (Lipinski definition) is 1. The van der Waals surface area contributed by atoms with Gasteiger partial charge < -0.3 is 19.5 Å². The van der Waals surface area contributed by atoms with Crippen LogP contribution in [-0.2, 0) is 27.8 Å². The molecule has 43 heavy (non-hydrogen) atoms. The summed E-state index contributed by atoms with van der Waals surface area (Å²) in [7, 11) is 1.94. The molecule has 4 aliphatic rings. The molecule has 1 spiro atoms. The van der Waals surface area contributed by atoms with Crippen LogP contribution in [0.4, 0.5) is 0 Å². The van der Waals surface area contributed by atoms with Crippen LogP contribution in [0.15, 0.2) is 49.1 Å². The molecule has 2 heterocycles. The molecule has 5 atom stereocenters. The number of unbranched alkanes of at least 4 members (excludes halogenated alkanes) is 4. The van der Waals surface area contributed by atoms with Crippen molar-refractivity contribution in [3.8, 4) is 17.2 Å². The largest absolute Gasteiger partial charge is 0.508 e. The number of amides is 1. The maximum Gasteiger partial charge on any atom is 0.308 e. The number of phenols is 1. The summed E-state index contributed by atoms with van der Waals surface area (Å²) in [5.41, 5.74) is 3.00. The number of aromatic hydroxyl groups is 1. The van der Waals surface area contributed by atoms with Crippen LogP contribution in [0.3, 0.4) is 0 Å². The lowest BCUT2D eigenvalue weighted by Gasteiger charge is -2.60. The van der Waals surface area contributed by atoms with Gasteiger partial charge in [-0.3, -0.25) is 14.5 Å². The Bertz CT molecular complexity index is 1360. The normalized spacial score (nSPS) is 26.7. The number of carbonyl (C=O) groups is 2. The number of likely N-dealkylation sites (tertiary alicyclic amines) is 1. The number of aryl methyl sites for hydroxylation is 1. The minimum Gasteiger partial charge on any atom is -0.508 e. The second-order valence-electron chi connectivity index (χ2n) is 13.1. The number of rotatable bonds is 12. The molecule has 1 saturated heterocycles. The highest BCUT2D eigenvalue weighted by Crippen LogP contribution is 2.65. The molecule has 1 amide bonds. The van der Waals surface area contributed by atoms with Crippen LogP contribution in [0.2, 0.25) is 0 Å². The first-order valence-electron chi connectivity index (χ1n) is 16.2. The van der Waals surface area contributed by atoms with E-state index in [0.29, 0.717) is 23.8 Å². The maximum absolute atomic E-state index is 13.6. The van der Waals surface area contributed by atoms with Crippen molar-refractivity contribution in [3.05, 3.63) is 65.7 Å². The predicted octanol–water partition coefficient (Wildman–Crippen LogP) is 5.95. The summed E-state index contributed by atoms with van der Waals surface area (Å²) < 4.78 is 12.4. The Kier molecular flexibility index (Phi) is 8.54. The Morgan fingerprint density at radius 2 is 1.93 bits per heavy atom. The highest BCUT2D eigenvalue weighted by Gasteiger charge is 2.67. The first-order valence-corrected chi connectivity index (χ1v) is 16.2. The fourth-order valence-corrected chi connectivity index (χ4v) is 8.81. The zero-order valence-corrected chi connectivity index (χ0v) is 25.7. The smallest absolute Gasteiger partial charge is 0.308 e. The highest BCUT2D eigenvalue weighted by atomic mass is 16.6. The van der Waals surface area contributed by atoms with Gasteiger partial charge in [-0.2, -0.15) is 0 Å². The van der Waals surface area contributed by atoms with Crippen LogP contribution in [0.25, 0.3) is 0 Å². The van der Waals surface area contributed by atoms with Gasteiger partial charge in [0, 0.05) is 55.6 Å². The molecule has 2 aliphatic carbocycles. The lowest BCUT2D eigenvalue weighted by molar-refractivity contribution is -0.140. The number of piperidine rings is 1. The number of hydrogen-bond acceptors (Lipinski definition) is 6. The Morgan fingerprint density at radius 1 is 1.16 bits per heavy atom. The van der Waals surface area contributed by atoms with E-state index in [1.54, 1.807) is 6.07 Å². The Hall–Kier alpha value is -3.32. The topological polar surface area (TPSA) is 79.3 Å². The van der Waals surface area contributed by atoms with E-state index in [0.717, 1.165) is 75.6 Å². The van der Waals surface area contributed by atoms with Crippen LogP contribution >= 0.6 is 0 Å². The third-order valence-electron chi connectivity index (χ3n) is 10.7. The van der Waals surface area contributed by atoms with E-state index in [2.05, 4.69) is 41.8 Å². The van der Waals surface area contributed by atoms with E-state index < -0.39 is 5.97 Å². The molecule has 6 rings (SSSR count). The highest BCUT2D eigenvalue weighted by molar-refractivity contribution is 5.77. The van der Waals surface area contributed by atoms with Crippen molar-refractivity contribution in [3.63, 3.8) is 0 Å². The van der Waals surface area contributed by atoms with E-state index >= 15 is 0 Å². The number of carbonyl (C=O) groups excluding carboxylic acids is 2. The predicted molar refractivity (Wildman–Crippen MR) is 167 cm³/mol. The number of phenolic OH excluding ortho intramolecular Hbond substituents is 1. The molecule has 7 nitrogen and oxygen atoms in total. The Morgan fingerprint density at radius 3 is 2.70 bits per heavy atom. The van der Waals surface area contributed by atoms with Gasteiger partial charge in [-0.1, -0.05) is 55.7 Å². The molecular weight excluding hydrogens is 540 g/mol. The lowest BCUT2D eigenvalue weighted by Crippen LogP contribution is -2.68. The van der Waals surface area contributed by atoms with Crippen LogP contribution in [-0.4, -0.2) is 65.1 Å². The zero-order valence-electron chi connectivity index (χ0n) is 25.7. The fourth-order valence-electron chi connectivity index (χ4n) is 8.81. The van der Waals surface area contributed by atoms with E-state index in [-0.39, 0.29) is 35.3 Å². The second kappa shape index (κ2) is 12.4. The number of likely N-dealkylation sites (N-methyl/N-ethyl adjacent to an activating group) is 1. The van der Waals surface area contributed by atoms with Gasteiger partial charge in [-0.05, 0) is 63.0 Å². The summed E-state index contributed by atoms with van der Waals surface area (Å²) in [4.78, 5) is 30.0. The summed E-state index contributed by atoms with van der Waals surface area (Å²) in [6.07, 6.45) is 12.3. The van der Waals surface area contributed by atoms with E-state index in [1.165, 1.54) is 25.3 Å². The number of nitrogens with zero attached hydrogens (tertiary/aromatic N) is 2. The summed E-state index contributed by atoms with van der Waals surface area (Å²) in [5.74, 6) is 1.11. The van der Waals surface area contributed by atoms with Crippen molar-refractivity contribution >= 4 is 11.9 Å². The molecule has 2 aliphatic heterocycles. The van der Waals surface area contributed by atoms with Gasteiger partial charge in [0.15, 0.2) is 11.5 Å². The van der Waals surface area contributed by atoms with Gasteiger partial charge >= 0.3 is 5.97 Å². The van der Waals surface area contributed by atoms with Crippen molar-refractivity contribution in [2.24, 2.45) is 5.92 Å². The molecular formula is C36H46N2O5. The third kappa shape index (κ3) is 5.34. The van der Waals surface area contributed by atoms with Gasteiger partial charge in [0.25, 0.3) is 0 Å². The van der Waals surface area contributed by atoms with Crippen LogP contribution < -0.4 is 9.47 Å². The molecule has 1 N–H and O–H groups in total. The van der Waals surface area contributed by atoms with E-state index in [4.69, 9.17) is 9.47 Å². The maximum atomic E-state index is 13.6. The van der Waals surface area contributed by atoms with Crippen molar-refractivity contribution in [2.75, 3.05) is 20.1 Å². The van der Waals surface area contributed by atoms with Gasteiger partial charge in [-0.15, -0.1) is 6.58 Å². The van der Waals surface area contributed by atoms with Crippen LogP contribution in [0.5, 0.6) is 17.2 Å². The molecule has 230 valence electrons.